The third-order valence-corrected chi connectivity index (χ3v) is 9.48. The van der Waals surface area contributed by atoms with Gasteiger partial charge in [0.15, 0.2) is 16.3 Å². The van der Waals surface area contributed by atoms with E-state index in [0.717, 1.165) is 46.6 Å². The predicted octanol–water partition coefficient (Wildman–Crippen LogP) is 5.49. The number of sulfonamides is 1. The van der Waals surface area contributed by atoms with Crippen molar-refractivity contribution in [2.45, 2.75) is 30.7 Å². The van der Waals surface area contributed by atoms with Crippen molar-refractivity contribution in [2.24, 2.45) is 4.99 Å². The molecule has 0 unspecified atom stereocenters. The molecule has 0 amide bonds. The zero-order chi connectivity index (χ0) is 26.5. The van der Waals surface area contributed by atoms with Crippen LogP contribution in [0.2, 0.25) is 0 Å². The standard InChI is InChI=1S/C29H31N3O4S2/c1-35-27-15-10-22(20-28(27)36-2)16-19-32-26(21-37-29(32)30-24-8-4-3-5-9-24)23-11-13-25(14-12-23)38(33,34)31-17-6-7-18-31/h3-5,8-15,20-21H,6-7,16-19H2,1-2H3. The molecule has 0 aliphatic carbocycles. The molecule has 3 aromatic carbocycles. The van der Waals surface area contributed by atoms with Gasteiger partial charge in [0, 0.05) is 25.0 Å². The monoisotopic (exact) mass is 549 g/mol. The van der Waals surface area contributed by atoms with E-state index in [9.17, 15) is 8.42 Å². The molecule has 38 heavy (non-hydrogen) atoms. The van der Waals surface area contributed by atoms with Crippen LogP contribution in [0.1, 0.15) is 18.4 Å². The lowest BCUT2D eigenvalue weighted by Crippen LogP contribution is -2.27. The van der Waals surface area contributed by atoms with Crippen molar-refractivity contribution >= 4 is 27.0 Å². The van der Waals surface area contributed by atoms with Gasteiger partial charge >= 0.3 is 0 Å². The summed E-state index contributed by atoms with van der Waals surface area (Å²) in [6, 6.07) is 23.1. The lowest BCUT2D eigenvalue weighted by atomic mass is 10.1. The average Bonchev–Trinajstić information content (AvgIpc) is 3.64. The lowest BCUT2D eigenvalue weighted by molar-refractivity contribution is 0.354. The van der Waals surface area contributed by atoms with E-state index in [1.165, 1.54) is 0 Å². The smallest absolute Gasteiger partial charge is 0.243 e. The summed E-state index contributed by atoms with van der Waals surface area (Å²) in [4.78, 5) is 6.12. The highest BCUT2D eigenvalue weighted by Gasteiger charge is 2.27. The number of para-hydroxylation sites is 1. The van der Waals surface area contributed by atoms with E-state index in [1.54, 1.807) is 42.0 Å². The fourth-order valence-electron chi connectivity index (χ4n) is 4.63. The Kier molecular flexibility index (Phi) is 7.97. The molecular formula is C29H31N3O4S2. The summed E-state index contributed by atoms with van der Waals surface area (Å²) in [6.45, 7) is 1.87. The summed E-state index contributed by atoms with van der Waals surface area (Å²) in [5, 5.41) is 2.08. The second-order valence-electron chi connectivity index (χ2n) is 9.08. The van der Waals surface area contributed by atoms with E-state index in [-0.39, 0.29) is 0 Å². The van der Waals surface area contributed by atoms with Gasteiger partial charge in [-0.3, -0.25) is 0 Å². The maximum atomic E-state index is 13.0. The van der Waals surface area contributed by atoms with Gasteiger partial charge in [-0.1, -0.05) is 36.4 Å². The minimum absolute atomic E-state index is 0.337. The zero-order valence-electron chi connectivity index (χ0n) is 21.5. The molecule has 0 atom stereocenters. The first kappa shape index (κ1) is 26.2. The van der Waals surface area contributed by atoms with Crippen LogP contribution >= 0.6 is 11.3 Å². The van der Waals surface area contributed by atoms with Crippen LogP contribution in [0.25, 0.3) is 11.3 Å². The molecule has 7 nitrogen and oxygen atoms in total. The third-order valence-electron chi connectivity index (χ3n) is 6.70. The first-order chi connectivity index (χ1) is 18.5. The molecule has 1 aliphatic heterocycles. The molecule has 1 aromatic heterocycles. The highest BCUT2D eigenvalue weighted by molar-refractivity contribution is 7.89. The predicted molar refractivity (Wildman–Crippen MR) is 151 cm³/mol. The fourth-order valence-corrected chi connectivity index (χ4v) is 7.10. The number of aryl methyl sites for hydroxylation is 1. The summed E-state index contributed by atoms with van der Waals surface area (Å²) in [6.07, 6.45) is 2.59. The second-order valence-corrected chi connectivity index (χ2v) is 11.9. The maximum absolute atomic E-state index is 13.0. The Labute approximate surface area is 227 Å². The molecule has 198 valence electrons. The molecule has 0 N–H and O–H groups in total. The Balaban J connectivity index is 1.49. The van der Waals surface area contributed by atoms with Crippen LogP contribution in [0.3, 0.4) is 0 Å². The Morgan fingerprint density at radius 2 is 1.61 bits per heavy atom. The van der Waals surface area contributed by atoms with Crippen molar-refractivity contribution in [3.63, 3.8) is 0 Å². The summed E-state index contributed by atoms with van der Waals surface area (Å²) >= 11 is 1.57. The summed E-state index contributed by atoms with van der Waals surface area (Å²) < 4.78 is 40.6. The number of aromatic nitrogens is 1. The topological polar surface area (TPSA) is 73.1 Å². The van der Waals surface area contributed by atoms with Gasteiger partial charge in [-0.25, -0.2) is 13.4 Å². The van der Waals surface area contributed by atoms with Crippen LogP contribution in [0, 0.1) is 0 Å². The molecular weight excluding hydrogens is 518 g/mol. The normalized spacial score (nSPS) is 14.6. The first-order valence-electron chi connectivity index (χ1n) is 12.6. The number of benzene rings is 3. The largest absolute Gasteiger partial charge is 0.493 e. The van der Waals surface area contributed by atoms with Crippen molar-refractivity contribution in [1.82, 2.24) is 8.87 Å². The van der Waals surface area contributed by atoms with Crippen LogP contribution in [0.5, 0.6) is 11.5 Å². The molecule has 9 heteroatoms. The number of rotatable bonds is 9. The van der Waals surface area contributed by atoms with Gasteiger partial charge in [0.05, 0.1) is 30.5 Å². The molecule has 2 heterocycles. The van der Waals surface area contributed by atoms with Crippen LogP contribution in [-0.4, -0.2) is 44.6 Å². The van der Waals surface area contributed by atoms with Gasteiger partial charge in [-0.2, -0.15) is 4.31 Å². The van der Waals surface area contributed by atoms with Crippen molar-refractivity contribution in [1.29, 1.82) is 0 Å². The average molecular weight is 550 g/mol. The Hall–Kier alpha value is -3.40. The van der Waals surface area contributed by atoms with E-state index in [0.29, 0.717) is 36.0 Å². The molecule has 1 saturated heterocycles. The van der Waals surface area contributed by atoms with E-state index in [4.69, 9.17) is 14.5 Å². The van der Waals surface area contributed by atoms with Crippen molar-refractivity contribution in [3.8, 4) is 22.8 Å². The quantitative estimate of drug-likeness (QED) is 0.277. The highest BCUT2D eigenvalue weighted by Crippen LogP contribution is 2.29. The van der Waals surface area contributed by atoms with E-state index < -0.39 is 10.0 Å². The molecule has 5 rings (SSSR count). The van der Waals surface area contributed by atoms with Crippen LogP contribution in [0.15, 0.2) is 88.1 Å². The minimum atomic E-state index is -3.45. The van der Waals surface area contributed by atoms with E-state index in [1.807, 2.05) is 60.7 Å². The fraction of sp³-hybridized carbons (Fsp3) is 0.276. The van der Waals surface area contributed by atoms with E-state index in [2.05, 4.69) is 9.95 Å². The SMILES string of the molecule is COc1ccc(CCn2c(-c3ccc(S(=O)(=O)N4CCCC4)cc3)csc2=Nc2ccccc2)cc1OC. The maximum Gasteiger partial charge on any atom is 0.243 e. The highest BCUT2D eigenvalue weighted by atomic mass is 32.2. The number of ether oxygens (including phenoxy) is 2. The number of nitrogens with zero attached hydrogens (tertiary/aromatic N) is 3. The second kappa shape index (κ2) is 11.6. The van der Waals surface area contributed by atoms with Crippen LogP contribution < -0.4 is 14.3 Å². The van der Waals surface area contributed by atoms with Crippen molar-refractivity contribution in [2.75, 3.05) is 27.3 Å². The molecule has 0 radical (unpaired) electrons. The minimum Gasteiger partial charge on any atom is -0.493 e. The molecule has 0 bridgehead atoms. The molecule has 0 spiro atoms. The lowest BCUT2D eigenvalue weighted by Gasteiger charge is -2.16. The number of hydrogen-bond acceptors (Lipinski definition) is 6. The van der Waals surface area contributed by atoms with E-state index >= 15 is 0 Å². The first-order valence-corrected chi connectivity index (χ1v) is 14.9. The summed E-state index contributed by atoms with van der Waals surface area (Å²) in [7, 11) is -0.188. The van der Waals surface area contributed by atoms with Gasteiger partial charge in [0.2, 0.25) is 10.0 Å². The molecule has 4 aromatic rings. The van der Waals surface area contributed by atoms with Gasteiger partial charge in [-0.15, -0.1) is 11.3 Å². The van der Waals surface area contributed by atoms with Gasteiger partial charge in [0.1, 0.15) is 0 Å². The van der Waals surface area contributed by atoms with Crippen molar-refractivity contribution in [3.05, 3.63) is 88.5 Å². The molecule has 1 fully saturated rings. The Morgan fingerprint density at radius 3 is 2.29 bits per heavy atom. The summed E-state index contributed by atoms with van der Waals surface area (Å²) in [5.41, 5.74) is 3.94. The molecule has 0 saturated carbocycles. The third kappa shape index (κ3) is 5.55. The summed E-state index contributed by atoms with van der Waals surface area (Å²) in [5.74, 6) is 1.40. The van der Waals surface area contributed by atoms with Crippen LogP contribution in [-0.2, 0) is 23.0 Å². The van der Waals surface area contributed by atoms with Gasteiger partial charge in [-0.05, 0) is 66.8 Å². The number of thiazole rings is 1. The Bertz CT molecular complexity index is 1550. The number of methoxy groups -OCH3 is 2. The van der Waals surface area contributed by atoms with Crippen molar-refractivity contribution < 1.29 is 17.9 Å². The Morgan fingerprint density at radius 1 is 0.895 bits per heavy atom. The van der Waals surface area contributed by atoms with Gasteiger partial charge < -0.3 is 14.0 Å². The number of hydrogen-bond donors (Lipinski definition) is 0. The molecule has 1 aliphatic rings. The zero-order valence-corrected chi connectivity index (χ0v) is 23.2. The van der Waals surface area contributed by atoms with Gasteiger partial charge in [0.25, 0.3) is 0 Å². The van der Waals surface area contributed by atoms with Crippen LogP contribution in [0.4, 0.5) is 5.69 Å².